The molecule has 1 unspecified atom stereocenters. The van der Waals surface area contributed by atoms with Gasteiger partial charge < -0.3 is 10.6 Å². The monoisotopic (exact) mass is 496 g/mol. The van der Waals surface area contributed by atoms with Crippen molar-refractivity contribution in [1.82, 2.24) is 15.4 Å². The van der Waals surface area contributed by atoms with Gasteiger partial charge in [0.2, 0.25) is 10.0 Å². The van der Waals surface area contributed by atoms with Gasteiger partial charge in [0.25, 0.3) is 0 Å². The van der Waals surface area contributed by atoms with E-state index in [0.717, 1.165) is 24.4 Å². The average molecular weight is 496 g/mol. The summed E-state index contributed by atoms with van der Waals surface area (Å²) in [6, 6.07) is 7.13. The maximum atomic E-state index is 11.7. The summed E-state index contributed by atoms with van der Waals surface area (Å²) >= 11 is 0. The van der Waals surface area contributed by atoms with Crippen molar-refractivity contribution in [2.24, 2.45) is 10.4 Å². The van der Waals surface area contributed by atoms with Gasteiger partial charge in [0, 0.05) is 19.6 Å². The lowest BCUT2D eigenvalue weighted by Gasteiger charge is -2.23. The number of hydrogen-bond donors (Lipinski definition) is 3. The molecule has 26 heavy (non-hydrogen) atoms. The van der Waals surface area contributed by atoms with Crippen LogP contribution in [0.15, 0.2) is 34.2 Å². The highest BCUT2D eigenvalue weighted by Crippen LogP contribution is 2.21. The summed E-state index contributed by atoms with van der Waals surface area (Å²) < 4.78 is 25.8. The van der Waals surface area contributed by atoms with Gasteiger partial charge in [-0.05, 0) is 49.9 Å². The van der Waals surface area contributed by atoms with E-state index in [9.17, 15) is 8.42 Å². The lowest BCUT2D eigenvalue weighted by atomic mass is 9.89. The van der Waals surface area contributed by atoms with Gasteiger partial charge in [-0.25, -0.2) is 13.1 Å². The molecule has 0 bridgehead atoms. The zero-order chi connectivity index (χ0) is 19.1. The largest absolute Gasteiger partial charge is 0.354 e. The van der Waals surface area contributed by atoms with Crippen molar-refractivity contribution in [2.45, 2.75) is 58.0 Å². The Labute approximate surface area is 175 Å². The van der Waals surface area contributed by atoms with Crippen molar-refractivity contribution in [3.8, 4) is 0 Å². The molecule has 0 radical (unpaired) electrons. The fourth-order valence-electron chi connectivity index (χ4n) is 2.24. The molecule has 0 aromatic heterocycles. The zero-order valence-electron chi connectivity index (χ0n) is 16.6. The SMILES string of the molecule is CN=C(NCc1ccc(S(=O)(=O)NC)cc1)NC(C)CCC(C)(C)C.I. The molecule has 0 saturated heterocycles. The molecule has 3 N–H and O–H groups in total. The first-order valence-corrected chi connectivity index (χ1v) is 10.1. The molecule has 1 aromatic carbocycles. The molecule has 0 fully saturated rings. The standard InChI is InChI=1S/C18H32N4O2S.HI/c1-14(11-12-18(2,3)4)22-17(19-5)21-13-15-7-9-16(10-8-15)25(23,24)20-6;/h7-10,14,20H,11-13H2,1-6H3,(H2,19,21,22);1H. The first-order valence-electron chi connectivity index (χ1n) is 8.57. The van der Waals surface area contributed by atoms with Gasteiger partial charge in [-0.3, -0.25) is 4.99 Å². The highest BCUT2D eigenvalue weighted by Gasteiger charge is 2.13. The van der Waals surface area contributed by atoms with E-state index in [2.05, 4.69) is 48.0 Å². The van der Waals surface area contributed by atoms with Crippen molar-refractivity contribution < 1.29 is 8.42 Å². The van der Waals surface area contributed by atoms with Crippen molar-refractivity contribution in [1.29, 1.82) is 0 Å². The summed E-state index contributed by atoms with van der Waals surface area (Å²) in [6.07, 6.45) is 2.21. The molecule has 1 atom stereocenters. The van der Waals surface area contributed by atoms with Crippen molar-refractivity contribution >= 4 is 40.0 Å². The smallest absolute Gasteiger partial charge is 0.240 e. The highest BCUT2D eigenvalue weighted by molar-refractivity contribution is 14.0. The number of nitrogens with zero attached hydrogens (tertiary/aromatic N) is 1. The first kappa shape index (κ1) is 25.1. The zero-order valence-corrected chi connectivity index (χ0v) is 19.7. The van der Waals surface area contributed by atoms with Gasteiger partial charge in [0.05, 0.1) is 4.90 Å². The fraction of sp³-hybridized carbons (Fsp3) is 0.611. The van der Waals surface area contributed by atoms with Crippen LogP contribution in [0.25, 0.3) is 0 Å². The quantitative estimate of drug-likeness (QED) is 0.308. The third-order valence-corrected chi connectivity index (χ3v) is 5.33. The summed E-state index contributed by atoms with van der Waals surface area (Å²) in [6.45, 7) is 9.45. The number of halogens is 1. The van der Waals surface area contributed by atoms with E-state index in [1.54, 1.807) is 31.3 Å². The van der Waals surface area contributed by atoms with E-state index in [-0.39, 0.29) is 28.9 Å². The Morgan fingerprint density at radius 1 is 1.19 bits per heavy atom. The second-order valence-electron chi connectivity index (χ2n) is 7.42. The van der Waals surface area contributed by atoms with Crippen LogP contribution in [0.2, 0.25) is 0 Å². The Balaban J connectivity index is 0.00000625. The first-order chi connectivity index (χ1) is 11.6. The topological polar surface area (TPSA) is 82.6 Å². The summed E-state index contributed by atoms with van der Waals surface area (Å²) in [5.74, 6) is 0.744. The van der Waals surface area contributed by atoms with Gasteiger partial charge in [-0.15, -0.1) is 24.0 Å². The van der Waals surface area contributed by atoms with Crippen molar-refractivity contribution in [3.63, 3.8) is 0 Å². The van der Waals surface area contributed by atoms with E-state index >= 15 is 0 Å². The predicted molar refractivity (Wildman–Crippen MR) is 120 cm³/mol. The average Bonchev–Trinajstić information content (AvgIpc) is 2.56. The molecule has 0 aliphatic heterocycles. The molecule has 1 rings (SSSR count). The molecule has 0 heterocycles. The normalized spacial score (nSPS) is 13.7. The van der Waals surface area contributed by atoms with Crippen LogP contribution >= 0.6 is 24.0 Å². The minimum Gasteiger partial charge on any atom is -0.354 e. The lowest BCUT2D eigenvalue weighted by molar-refractivity contribution is 0.346. The molecular formula is C18H33IN4O2S. The molecule has 0 aliphatic carbocycles. The summed E-state index contributed by atoms with van der Waals surface area (Å²) in [5, 5.41) is 6.65. The molecule has 150 valence electrons. The van der Waals surface area contributed by atoms with E-state index in [1.165, 1.54) is 7.05 Å². The Morgan fingerprint density at radius 2 is 1.77 bits per heavy atom. The van der Waals surface area contributed by atoms with Crippen LogP contribution in [0.1, 0.15) is 46.1 Å². The van der Waals surface area contributed by atoms with Crippen LogP contribution < -0.4 is 15.4 Å². The number of aliphatic imine (C=N–C) groups is 1. The van der Waals surface area contributed by atoms with E-state index in [4.69, 9.17) is 0 Å². The third kappa shape index (κ3) is 9.18. The number of guanidine groups is 1. The highest BCUT2D eigenvalue weighted by atomic mass is 127. The molecule has 8 heteroatoms. The Bertz CT molecular complexity index is 667. The van der Waals surface area contributed by atoms with Gasteiger partial charge >= 0.3 is 0 Å². The molecule has 0 aliphatic rings. The van der Waals surface area contributed by atoms with Gasteiger partial charge in [-0.2, -0.15) is 0 Å². The maximum absolute atomic E-state index is 11.7. The van der Waals surface area contributed by atoms with Gasteiger partial charge in [0.1, 0.15) is 0 Å². The third-order valence-electron chi connectivity index (χ3n) is 3.90. The van der Waals surface area contributed by atoms with E-state index in [1.807, 2.05) is 0 Å². The van der Waals surface area contributed by atoms with E-state index in [0.29, 0.717) is 18.0 Å². The van der Waals surface area contributed by atoms with Gasteiger partial charge in [-0.1, -0.05) is 32.9 Å². The molecule has 1 aromatic rings. The van der Waals surface area contributed by atoms with Crippen LogP contribution in [0.3, 0.4) is 0 Å². The summed E-state index contributed by atoms with van der Waals surface area (Å²) in [4.78, 5) is 4.51. The Kier molecular flexibility index (Phi) is 10.7. The van der Waals surface area contributed by atoms with Crippen LogP contribution in [0, 0.1) is 5.41 Å². The number of nitrogens with one attached hydrogen (secondary N) is 3. The number of hydrogen-bond acceptors (Lipinski definition) is 3. The minimum absolute atomic E-state index is 0. The summed E-state index contributed by atoms with van der Waals surface area (Å²) in [5.41, 5.74) is 1.31. The second-order valence-corrected chi connectivity index (χ2v) is 9.31. The van der Waals surface area contributed by atoms with Crippen LogP contribution in [-0.4, -0.2) is 34.5 Å². The summed E-state index contributed by atoms with van der Waals surface area (Å²) in [7, 11) is -0.243. The van der Waals surface area contributed by atoms with Crippen molar-refractivity contribution in [3.05, 3.63) is 29.8 Å². The minimum atomic E-state index is -3.39. The van der Waals surface area contributed by atoms with Crippen LogP contribution in [0.5, 0.6) is 0 Å². The fourth-order valence-corrected chi connectivity index (χ4v) is 2.97. The Morgan fingerprint density at radius 3 is 2.23 bits per heavy atom. The molecular weight excluding hydrogens is 463 g/mol. The Hall–Kier alpha value is -0.870. The predicted octanol–water partition coefficient (Wildman–Crippen LogP) is 3.09. The maximum Gasteiger partial charge on any atom is 0.240 e. The van der Waals surface area contributed by atoms with Crippen molar-refractivity contribution in [2.75, 3.05) is 14.1 Å². The molecule has 0 saturated carbocycles. The lowest BCUT2D eigenvalue weighted by Crippen LogP contribution is -2.42. The molecule has 0 amide bonds. The number of sulfonamides is 1. The van der Waals surface area contributed by atoms with E-state index < -0.39 is 10.0 Å². The molecule has 6 nitrogen and oxygen atoms in total. The second kappa shape index (κ2) is 11.1. The van der Waals surface area contributed by atoms with Gasteiger partial charge in [0.15, 0.2) is 5.96 Å². The van der Waals surface area contributed by atoms with Crippen LogP contribution in [-0.2, 0) is 16.6 Å². The number of rotatable bonds is 7. The molecule has 0 spiro atoms. The number of benzene rings is 1. The van der Waals surface area contributed by atoms with Crippen LogP contribution in [0.4, 0.5) is 0 Å².